The quantitative estimate of drug-likeness (QED) is 0.825. The smallest absolute Gasteiger partial charge is 0.338 e. The third-order valence-corrected chi connectivity index (χ3v) is 4.15. The number of nitrogens with one attached hydrogen (secondary N) is 1. The monoisotopic (exact) mass is 371 g/mol. The van der Waals surface area contributed by atoms with E-state index >= 15 is 0 Å². The molecule has 2 aromatic rings. The summed E-state index contributed by atoms with van der Waals surface area (Å²) < 4.78 is 10.8. The molecule has 0 fully saturated rings. The molecule has 0 bridgehead atoms. The maximum absolute atomic E-state index is 12.3. The number of fused-ring (bicyclic) bond motifs is 1. The van der Waals surface area contributed by atoms with E-state index < -0.39 is 18.0 Å². The number of aryl methyl sites for hydroxylation is 1. The largest absolute Gasteiger partial charge is 0.488 e. The molecule has 1 atom stereocenters. The molecular weight excluding hydrogens is 354 g/mol. The minimum Gasteiger partial charge on any atom is -0.488 e. The van der Waals surface area contributed by atoms with Gasteiger partial charge in [0.25, 0.3) is 5.91 Å². The highest BCUT2D eigenvalue weighted by molar-refractivity contribution is 6.30. The van der Waals surface area contributed by atoms with Crippen LogP contribution in [0.25, 0.3) is 6.08 Å². The van der Waals surface area contributed by atoms with Gasteiger partial charge in [0, 0.05) is 16.3 Å². The standard InChI is InChI=1S/C20H18ClNO4/c1-12-3-6-17(7-4-12)22-19(23)13(2)26-20(24)15-9-14-10-16(21)5-8-18(14)25-11-15/h3-10,13H,11H2,1-2H3,(H,22,23)/t13-/m0/s1. The summed E-state index contributed by atoms with van der Waals surface area (Å²) in [6.07, 6.45) is 0.725. The molecule has 3 rings (SSSR count). The van der Waals surface area contributed by atoms with Crippen LogP contribution in [0.3, 0.4) is 0 Å². The van der Waals surface area contributed by atoms with Crippen LogP contribution in [0.4, 0.5) is 5.69 Å². The van der Waals surface area contributed by atoms with Crippen LogP contribution in [0, 0.1) is 6.92 Å². The van der Waals surface area contributed by atoms with Gasteiger partial charge in [0.1, 0.15) is 12.4 Å². The Morgan fingerprint density at radius 2 is 1.92 bits per heavy atom. The highest BCUT2D eigenvalue weighted by Gasteiger charge is 2.23. The number of rotatable bonds is 4. The second-order valence-electron chi connectivity index (χ2n) is 6.04. The van der Waals surface area contributed by atoms with Gasteiger partial charge in [0.05, 0.1) is 5.57 Å². The second kappa shape index (κ2) is 7.62. The predicted molar refractivity (Wildman–Crippen MR) is 100 cm³/mol. The summed E-state index contributed by atoms with van der Waals surface area (Å²) >= 11 is 5.96. The first kappa shape index (κ1) is 18.0. The Balaban J connectivity index is 1.63. The lowest BCUT2D eigenvalue weighted by molar-refractivity contribution is -0.149. The van der Waals surface area contributed by atoms with Crippen molar-refractivity contribution in [2.24, 2.45) is 0 Å². The number of amides is 1. The van der Waals surface area contributed by atoms with Crippen molar-refractivity contribution in [3.05, 3.63) is 64.2 Å². The Morgan fingerprint density at radius 3 is 2.65 bits per heavy atom. The van der Waals surface area contributed by atoms with E-state index in [4.69, 9.17) is 21.1 Å². The average Bonchev–Trinajstić information content (AvgIpc) is 2.62. The van der Waals surface area contributed by atoms with Crippen molar-refractivity contribution < 1.29 is 19.1 Å². The summed E-state index contributed by atoms with van der Waals surface area (Å²) in [7, 11) is 0. The Hall–Kier alpha value is -2.79. The van der Waals surface area contributed by atoms with Gasteiger partial charge in [-0.25, -0.2) is 4.79 Å². The van der Waals surface area contributed by atoms with Crippen molar-refractivity contribution >= 4 is 35.2 Å². The zero-order chi connectivity index (χ0) is 18.7. The van der Waals surface area contributed by atoms with E-state index in [2.05, 4.69) is 5.32 Å². The number of ether oxygens (including phenoxy) is 2. The van der Waals surface area contributed by atoms with Gasteiger partial charge < -0.3 is 14.8 Å². The molecule has 1 aliphatic heterocycles. The maximum Gasteiger partial charge on any atom is 0.338 e. The number of carbonyl (C=O) groups excluding carboxylic acids is 2. The van der Waals surface area contributed by atoms with Crippen molar-refractivity contribution in [3.8, 4) is 5.75 Å². The number of esters is 1. The first-order valence-corrected chi connectivity index (χ1v) is 8.51. The maximum atomic E-state index is 12.3. The third kappa shape index (κ3) is 4.24. The highest BCUT2D eigenvalue weighted by Crippen LogP contribution is 2.29. The fraction of sp³-hybridized carbons (Fsp3) is 0.200. The number of anilines is 1. The van der Waals surface area contributed by atoms with E-state index in [9.17, 15) is 9.59 Å². The predicted octanol–water partition coefficient (Wildman–Crippen LogP) is 3.99. The molecule has 0 radical (unpaired) electrons. The van der Waals surface area contributed by atoms with Gasteiger partial charge in [0.2, 0.25) is 0 Å². The molecule has 1 N–H and O–H groups in total. The van der Waals surface area contributed by atoms with Crippen molar-refractivity contribution in [1.82, 2.24) is 0 Å². The molecule has 0 unspecified atom stereocenters. The van der Waals surface area contributed by atoms with E-state index in [1.54, 1.807) is 36.4 Å². The minimum atomic E-state index is -0.939. The van der Waals surface area contributed by atoms with E-state index in [0.717, 1.165) is 5.56 Å². The molecular formula is C20H18ClNO4. The summed E-state index contributed by atoms with van der Waals surface area (Å²) in [4.78, 5) is 24.5. The van der Waals surface area contributed by atoms with E-state index in [1.807, 2.05) is 19.1 Å². The normalized spacial score (nSPS) is 13.7. The van der Waals surface area contributed by atoms with Gasteiger partial charge in [0.15, 0.2) is 6.10 Å². The van der Waals surface area contributed by atoms with Crippen molar-refractivity contribution in [2.45, 2.75) is 20.0 Å². The van der Waals surface area contributed by atoms with Crippen LogP contribution < -0.4 is 10.1 Å². The van der Waals surface area contributed by atoms with Crippen molar-refractivity contribution in [3.63, 3.8) is 0 Å². The fourth-order valence-corrected chi connectivity index (χ4v) is 2.62. The molecule has 1 amide bonds. The van der Waals surface area contributed by atoms with Crippen LogP contribution >= 0.6 is 11.6 Å². The summed E-state index contributed by atoms with van der Waals surface area (Å²) in [6, 6.07) is 12.5. The van der Waals surface area contributed by atoms with Gasteiger partial charge in [-0.15, -0.1) is 0 Å². The molecule has 134 valence electrons. The molecule has 0 aliphatic carbocycles. The lowest BCUT2D eigenvalue weighted by atomic mass is 10.1. The molecule has 0 spiro atoms. The van der Waals surface area contributed by atoms with E-state index in [-0.39, 0.29) is 6.61 Å². The lowest BCUT2D eigenvalue weighted by Gasteiger charge is -2.19. The van der Waals surface area contributed by atoms with E-state index in [0.29, 0.717) is 27.6 Å². The molecule has 5 nitrogen and oxygen atoms in total. The van der Waals surface area contributed by atoms with Gasteiger partial charge in [-0.2, -0.15) is 0 Å². The summed E-state index contributed by atoms with van der Waals surface area (Å²) in [5, 5.41) is 3.26. The fourth-order valence-electron chi connectivity index (χ4n) is 2.44. The van der Waals surface area contributed by atoms with Crippen LogP contribution in [-0.2, 0) is 14.3 Å². The lowest BCUT2D eigenvalue weighted by Crippen LogP contribution is -2.31. The summed E-state index contributed by atoms with van der Waals surface area (Å²) in [5.41, 5.74) is 2.77. The Morgan fingerprint density at radius 1 is 1.19 bits per heavy atom. The zero-order valence-electron chi connectivity index (χ0n) is 14.4. The Bertz CT molecular complexity index is 874. The molecule has 6 heteroatoms. The molecule has 0 saturated carbocycles. The second-order valence-corrected chi connectivity index (χ2v) is 6.48. The SMILES string of the molecule is Cc1ccc(NC(=O)[C@H](C)OC(=O)C2=Cc3cc(Cl)ccc3OC2)cc1. The first-order chi connectivity index (χ1) is 12.4. The molecule has 1 heterocycles. The molecule has 0 saturated heterocycles. The van der Waals surface area contributed by atoms with Gasteiger partial charge >= 0.3 is 5.97 Å². The van der Waals surface area contributed by atoms with Crippen molar-refractivity contribution in [1.29, 1.82) is 0 Å². The zero-order valence-corrected chi connectivity index (χ0v) is 15.2. The van der Waals surface area contributed by atoms with Crippen molar-refractivity contribution in [2.75, 3.05) is 11.9 Å². The number of carbonyl (C=O) groups is 2. The number of hydrogen-bond donors (Lipinski definition) is 1. The number of halogens is 1. The van der Waals surface area contributed by atoms with Gasteiger partial charge in [-0.05, 0) is 50.3 Å². The minimum absolute atomic E-state index is 0.0831. The Labute approximate surface area is 156 Å². The van der Waals surface area contributed by atoms with Crippen LogP contribution in [0.15, 0.2) is 48.0 Å². The molecule has 26 heavy (non-hydrogen) atoms. The van der Waals surface area contributed by atoms with Crippen LogP contribution in [0.2, 0.25) is 5.02 Å². The summed E-state index contributed by atoms with van der Waals surface area (Å²) in [6.45, 7) is 3.57. The van der Waals surface area contributed by atoms with Crippen LogP contribution in [-0.4, -0.2) is 24.6 Å². The third-order valence-electron chi connectivity index (χ3n) is 3.92. The summed E-state index contributed by atoms with van der Waals surface area (Å²) in [5.74, 6) is -0.346. The van der Waals surface area contributed by atoms with Crippen LogP contribution in [0.1, 0.15) is 18.1 Å². The van der Waals surface area contributed by atoms with Gasteiger partial charge in [-0.3, -0.25) is 4.79 Å². The topological polar surface area (TPSA) is 64.6 Å². The number of hydrogen-bond acceptors (Lipinski definition) is 4. The first-order valence-electron chi connectivity index (χ1n) is 8.14. The van der Waals surface area contributed by atoms with E-state index in [1.165, 1.54) is 6.92 Å². The molecule has 2 aromatic carbocycles. The van der Waals surface area contributed by atoms with Gasteiger partial charge in [-0.1, -0.05) is 29.3 Å². The molecule has 0 aromatic heterocycles. The molecule has 1 aliphatic rings. The highest BCUT2D eigenvalue weighted by atomic mass is 35.5. The number of benzene rings is 2. The average molecular weight is 372 g/mol. The van der Waals surface area contributed by atoms with Crippen LogP contribution in [0.5, 0.6) is 5.75 Å². The Kier molecular flexibility index (Phi) is 5.28.